The molecule has 0 fully saturated rings. The highest BCUT2D eigenvalue weighted by Gasteiger charge is 2.34. The van der Waals surface area contributed by atoms with Crippen LogP contribution in [0.5, 0.6) is 5.75 Å². The standard InChI is InChI=1S/C17H23NO6/c1-3-6-23-17(20)18-14(11-19)9-13-10-15(4-5-16(13)18)24-12-22-8-7-21-2/h3-5,10,14,19H,1,6-9,11-12H2,2H3/t14-/m0/s1. The molecule has 1 atom stereocenters. The molecule has 1 aromatic carbocycles. The highest BCUT2D eigenvalue weighted by molar-refractivity contribution is 5.91. The van der Waals surface area contributed by atoms with E-state index in [1.807, 2.05) is 6.07 Å². The van der Waals surface area contributed by atoms with E-state index in [1.165, 1.54) is 11.0 Å². The largest absolute Gasteiger partial charge is 0.468 e. The molecular weight excluding hydrogens is 314 g/mol. The highest BCUT2D eigenvalue weighted by atomic mass is 16.7. The molecule has 0 spiro atoms. The summed E-state index contributed by atoms with van der Waals surface area (Å²) in [6.45, 7) is 4.59. The molecular formula is C17H23NO6. The number of rotatable bonds is 9. The first-order valence-corrected chi connectivity index (χ1v) is 7.71. The fourth-order valence-electron chi connectivity index (χ4n) is 2.50. The number of carbonyl (C=O) groups is 1. The van der Waals surface area contributed by atoms with Gasteiger partial charge in [0.05, 0.1) is 31.5 Å². The van der Waals surface area contributed by atoms with E-state index >= 15 is 0 Å². The quantitative estimate of drug-likeness (QED) is 0.420. The topological polar surface area (TPSA) is 77.5 Å². The van der Waals surface area contributed by atoms with Crippen LogP contribution in [0.15, 0.2) is 30.9 Å². The number of aliphatic hydroxyl groups excluding tert-OH is 1. The number of amides is 1. The molecule has 1 aromatic rings. The van der Waals surface area contributed by atoms with Crippen LogP contribution in [0.1, 0.15) is 5.56 Å². The average molecular weight is 337 g/mol. The minimum Gasteiger partial charge on any atom is -0.468 e. The van der Waals surface area contributed by atoms with Crippen molar-refractivity contribution in [3.63, 3.8) is 0 Å². The van der Waals surface area contributed by atoms with Crippen LogP contribution in [0.3, 0.4) is 0 Å². The van der Waals surface area contributed by atoms with Gasteiger partial charge in [-0.05, 0) is 30.2 Å². The van der Waals surface area contributed by atoms with E-state index in [-0.39, 0.29) is 26.0 Å². The van der Waals surface area contributed by atoms with Gasteiger partial charge in [0.1, 0.15) is 12.4 Å². The van der Waals surface area contributed by atoms with E-state index in [0.717, 1.165) is 11.3 Å². The number of nitrogens with zero attached hydrogens (tertiary/aromatic N) is 1. The Morgan fingerprint density at radius 3 is 3.00 bits per heavy atom. The third-order valence-electron chi connectivity index (χ3n) is 3.60. The fourth-order valence-corrected chi connectivity index (χ4v) is 2.50. The molecule has 7 heteroatoms. The molecule has 0 radical (unpaired) electrons. The van der Waals surface area contributed by atoms with Crippen LogP contribution < -0.4 is 9.64 Å². The van der Waals surface area contributed by atoms with Crippen LogP contribution in [0, 0.1) is 0 Å². The third-order valence-corrected chi connectivity index (χ3v) is 3.60. The molecule has 1 heterocycles. The van der Waals surface area contributed by atoms with E-state index in [9.17, 15) is 9.90 Å². The monoisotopic (exact) mass is 337 g/mol. The molecule has 1 aliphatic rings. The van der Waals surface area contributed by atoms with Crippen molar-refractivity contribution in [1.29, 1.82) is 0 Å². The van der Waals surface area contributed by atoms with Crippen LogP contribution in [0.25, 0.3) is 0 Å². The zero-order valence-corrected chi connectivity index (χ0v) is 13.8. The molecule has 132 valence electrons. The summed E-state index contributed by atoms with van der Waals surface area (Å²) in [5.41, 5.74) is 1.63. The van der Waals surface area contributed by atoms with Crippen LogP contribution in [0.2, 0.25) is 0 Å². The summed E-state index contributed by atoms with van der Waals surface area (Å²) >= 11 is 0. The first-order valence-electron chi connectivity index (χ1n) is 7.71. The minimum atomic E-state index is -0.496. The van der Waals surface area contributed by atoms with Crippen LogP contribution in [0.4, 0.5) is 10.5 Å². The molecule has 0 bridgehead atoms. The van der Waals surface area contributed by atoms with Gasteiger partial charge in [0.2, 0.25) is 0 Å². The van der Waals surface area contributed by atoms with Crippen molar-refractivity contribution in [2.45, 2.75) is 12.5 Å². The Balaban J connectivity index is 2.02. The van der Waals surface area contributed by atoms with E-state index in [0.29, 0.717) is 25.4 Å². The molecule has 7 nitrogen and oxygen atoms in total. The number of hydrogen-bond donors (Lipinski definition) is 1. The second kappa shape index (κ2) is 9.27. The number of anilines is 1. The number of methoxy groups -OCH3 is 1. The lowest BCUT2D eigenvalue weighted by molar-refractivity contribution is -0.00848. The Hall–Kier alpha value is -2.09. The Labute approximate surface area is 141 Å². The number of carbonyl (C=O) groups excluding carboxylic acids is 1. The predicted octanol–water partition coefficient (Wildman–Crippen LogP) is 1.73. The molecule has 0 saturated heterocycles. The highest BCUT2D eigenvalue weighted by Crippen LogP contribution is 2.35. The Morgan fingerprint density at radius 2 is 2.29 bits per heavy atom. The Kier molecular flexibility index (Phi) is 7.05. The molecule has 0 unspecified atom stereocenters. The van der Waals surface area contributed by atoms with Crippen LogP contribution in [-0.2, 0) is 20.6 Å². The van der Waals surface area contributed by atoms with Crippen molar-refractivity contribution in [3.8, 4) is 5.75 Å². The summed E-state index contributed by atoms with van der Waals surface area (Å²) in [7, 11) is 1.61. The van der Waals surface area contributed by atoms with Gasteiger partial charge in [-0.2, -0.15) is 0 Å². The summed E-state index contributed by atoms with van der Waals surface area (Å²) in [5.74, 6) is 0.643. The second-order valence-electron chi connectivity index (χ2n) is 5.23. The lowest BCUT2D eigenvalue weighted by Crippen LogP contribution is -2.40. The van der Waals surface area contributed by atoms with Crippen LogP contribution >= 0.6 is 0 Å². The SMILES string of the molecule is C=CCOC(=O)N1c2ccc(OCOCCOC)cc2C[C@H]1CO. The van der Waals surface area contributed by atoms with Gasteiger partial charge in [-0.25, -0.2) is 4.79 Å². The summed E-state index contributed by atoms with van der Waals surface area (Å²) < 4.78 is 20.8. The van der Waals surface area contributed by atoms with Gasteiger partial charge in [0, 0.05) is 7.11 Å². The van der Waals surface area contributed by atoms with Crippen molar-refractivity contribution in [2.75, 3.05) is 45.2 Å². The molecule has 0 aromatic heterocycles. The molecule has 24 heavy (non-hydrogen) atoms. The lowest BCUT2D eigenvalue weighted by Gasteiger charge is -2.23. The number of aliphatic hydroxyl groups is 1. The zero-order valence-electron chi connectivity index (χ0n) is 13.8. The summed E-state index contributed by atoms with van der Waals surface area (Å²) in [6, 6.07) is 5.04. The third kappa shape index (κ3) is 4.47. The molecule has 0 aliphatic carbocycles. The molecule has 2 rings (SSSR count). The van der Waals surface area contributed by atoms with Gasteiger partial charge in [0.15, 0.2) is 6.79 Å². The minimum absolute atomic E-state index is 0.122. The normalized spacial score (nSPS) is 15.9. The van der Waals surface area contributed by atoms with Crippen molar-refractivity contribution < 1.29 is 28.8 Å². The molecule has 0 saturated carbocycles. The van der Waals surface area contributed by atoms with Crippen molar-refractivity contribution >= 4 is 11.8 Å². The van der Waals surface area contributed by atoms with E-state index < -0.39 is 6.09 Å². The first kappa shape index (κ1) is 18.3. The molecule has 1 aliphatic heterocycles. The zero-order chi connectivity index (χ0) is 17.4. The predicted molar refractivity (Wildman–Crippen MR) is 88.4 cm³/mol. The summed E-state index contributed by atoms with van der Waals surface area (Å²) in [4.78, 5) is 13.6. The summed E-state index contributed by atoms with van der Waals surface area (Å²) in [6.07, 6.45) is 1.55. The van der Waals surface area contributed by atoms with Gasteiger partial charge < -0.3 is 24.1 Å². The van der Waals surface area contributed by atoms with Gasteiger partial charge in [-0.3, -0.25) is 4.90 Å². The Morgan fingerprint density at radius 1 is 1.46 bits per heavy atom. The van der Waals surface area contributed by atoms with Crippen molar-refractivity contribution in [2.24, 2.45) is 0 Å². The molecule has 1 amide bonds. The maximum absolute atomic E-state index is 12.2. The van der Waals surface area contributed by atoms with Gasteiger partial charge in [-0.1, -0.05) is 12.7 Å². The van der Waals surface area contributed by atoms with E-state index in [1.54, 1.807) is 19.2 Å². The number of fused-ring (bicyclic) bond motifs is 1. The van der Waals surface area contributed by atoms with Gasteiger partial charge in [-0.15, -0.1) is 0 Å². The summed E-state index contributed by atoms with van der Waals surface area (Å²) in [5, 5.41) is 9.54. The first-order chi connectivity index (χ1) is 11.7. The Bertz CT molecular complexity index is 562. The smallest absolute Gasteiger partial charge is 0.414 e. The van der Waals surface area contributed by atoms with E-state index in [2.05, 4.69) is 6.58 Å². The lowest BCUT2D eigenvalue weighted by atomic mass is 10.1. The van der Waals surface area contributed by atoms with Crippen LogP contribution in [-0.4, -0.2) is 57.6 Å². The average Bonchev–Trinajstić information content (AvgIpc) is 2.97. The number of benzene rings is 1. The second-order valence-corrected chi connectivity index (χ2v) is 5.23. The van der Waals surface area contributed by atoms with Crippen molar-refractivity contribution in [1.82, 2.24) is 0 Å². The van der Waals surface area contributed by atoms with Gasteiger partial charge in [0.25, 0.3) is 0 Å². The van der Waals surface area contributed by atoms with Crippen molar-refractivity contribution in [3.05, 3.63) is 36.4 Å². The molecule has 1 N–H and O–H groups in total. The fraction of sp³-hybridized carbons (Fsp3) is 0.471. The van der Waals surface area contributed by atoms with Gasteiger partial charge >= 0.3 is 6.09 Å². The number of hydrogen-bond acceptors (Lipinski definition) is 6. The maximum atomic E-state index is 12.2. The maximum Gasteiger partial charge on any atom is 0.414 e. The number of ether oxygens (including phenoxy) is 4. The van der Waals surface area contributed by atoms with E-state index in [4.69, 9.17) is 18.9 Å².